The number of aliphatic hydroxyl groups is 1. The molecule has 0 bridgehead atoms. The van der Waals surface area contributed by atoms with Gasteiger partial charge in [-0.15, -0.1) is 34.0 Å². The van der Waals surface area contributed by atoms with Gasteiger partial charge in [0, 0.05) is 37.0 Å². The van der Waals surface area contributed by atoms with Crippen LogP contribution in [-0.4, -0.2) is 11.7 Å². The molecule has 0 aliphatic heterocycles. The third-order valence-corrected chi connectivity index (χ3v) is 7.41. The largest absolute Gasteiger partial charge is 0.396 e. The first-order valence-electron chi connectivity index (χ1n) is 6.49. The van der Waals surface area contributed by atoms with E-state index in [4.69, 9.17) is 10.8 Å². The van der Waals surface area contributed by atoms with Crippen LogP contribution in [-0.2, 0) is 0 Å². The average Bonchev–Trinajstić information content (AvgIpc) is 3.18. The molecule has 3 N–H and O–H groups in total. The molecule has 0 radical (unpaired) electrons. The van der Waals surface area contributed by atoms with Crippen LogP contribution in [0.4, 0.5) is 0 Å². The molecule has 2 nitrogen and oxygen atoms in total. The van der Waals surface area contributed by atoms with Crippen LogP contribution in [0.3, 0.4) is 0 Å². The van der Waals surface area contributed by atoms with Gasteiger partial charge in [-0.1, -0.05) is 0 Å². The van der Waals surface area contributed by atoms with Gasteiger partial charge in [0.05, 0.1) is 3.79 Å². The Hall–Kier alpha value is -0.500. The highest BCUT2D eigenvalue weighted by Gasteiger charge is 2.12. The molecule has 3 heterocycles. The fourth-order valence-electron chi connectivity index (χ4n) is 2.02. The van der Waals surface area contributed by atoms with Gasteiger partial charge in [-0.25, -0.2) is 0 Å². The number of hydrogen-bond acceptors (Lipinski definition) is 5. The molecule has 3 rings (SSSR count). The van der Waals surface area contributed by atoms with Crippen molar-refractivity contribution in [2.45, 2.75) is 12.5 Å². The van der Waals surface area contributed by atoms with Crippen molar-refractivity contribution < 1.29 is 5.11 Å². The lowest BCUT2D eigenvalue weighted by molar-refractivity contribution is 0.277. The van der Waals surface area contributed by atoms with Gasteiger partial charge < -0.3 is 10.8 Å². The molecule has 110 valence electrons. The molecule has 0 aromatic carbocycles. The van der Waals surface area contributed by atoms with E-state index in [1.54, 1.807) is 34.0 Å². The van der Waals surface area contributed by atoms with Crippen LogP contribution in [0.25, 0.3) is 19.5 Å². The number of thiophene rings is 3. The third-order valence-electron chi connectivity index (χ3n) is 3.10. The summed E-state index contributed by atoms with van der Waals surface area (Å²) in [4.78, 5) is 6.21. The fourth-order valence-corrected chi connectivity index (χ4v) is 5.63. The van der Waals surface area contributed by atoms with E-state index in [2.05, 4.69) is 52.3 Å². The molecular formula is C15H14BrNOS3. The standard InChI is InChI=1S/C15H14BrNOS3/c16-15-6-5-14(21-15)13-4-3-12(20-13)11-2-1-10(19-11)9(17)7-8-18/h1-6,9,18H,7-8,17H2. The molecule has 0 spiro atoms. The van der Waals surface area contributed by atoms with E-state index in [0.717, 1.165) is 8.66 Å². The summed E-state index contributed by atoms with van der Waals surface area (Å²) in [5.74, 6) is 0. The molecule has 0 aliphatic rings. The number of nitrogens with two attached hydrogens (primary N) is 1. The normalized spacial score (nSPS) is 12.7. The van der Waals surface area contributed by atoms with Crippen molar-refractivity contribution in [1.29, 1.82) is 0 Å². The van der Waals surface area contributed by atoms with E-state index < -0.39 is 0 Å². The first kappa shape index (κ1) is 15.4. The summed E-state index contributed by atoms with van der Waals surface area (Å²) in [6.45, 7) is 0.130. The maximum absolute atomic E-state index is 8.98. The first-order chi connectivity index (χ1) is 10.2. The molecule has 0 aliphatic carbocycles. The van der Waals surface area contributed by atoms with E-state index >= 15 is 0 Å². The van der Waals surface area contributed by atoms with Gasteiger partial charge in [0.2, 0.25) is 0 Å². The molecule has 1 atom stereocenters. The second-order valence-corrected chi connectivity index (χ2v) is 9.25. The molecule has 0 saturated heterocycles. The fraction of sp³-hybridized carbons (Fsp3) is 0.200. The highest BCUT2D eigenvalue weighted by Crippen LogP contribution is 2.41. The second kappa shape index (κ2) is 6.73. The molecule has 3 aromatic heterocycles. The zero-order valence-electron chi connectivity index (χ0n) is 11.1. The van der Waals surface area contributed by atoms with Crippen molar-refractivity contribution in [2.75, 3.05) is 6.61 Å². The van der Waals surface area contributed by atoms with Crippen molar-refractivity contribution in [3.63, 3.8) is 0 Å². The predicted molar refractivity (Wildman–Crippen MR) is 97.3 cm³/mol. The lowest BCUT2D eigenvalue weighted by Gasteiger charge is -2.05. The number of halogens is 1. The monoisotopic (exact) mass is 399 g/mol. The molecule has 0 saturated carbocycles. The summed E-state index contributed by atoms with van der Waals surface area (Å²) in [6.07, 6.45) is 0.610. The summed E-state index contributed by atoms with van der Waals surface area (Å²) in [7, 11) is 0. The number of aliphatic hydroxyl groups excluding tert-OH is 1. The third kappa shape index (κ3) is 3.47. The van der Waals surface area contributed by atoms with Gasteiger partial charge in [0.1, 0.15) is 0 Å². The van der Waals surface area contributed by atoms with Gasteiger partial charge in [0.15, 0.2) is 0 Å². The lowest BCUT2D eigenvalue weighted by atomic mass is 10.2. The van der Waals surface area contributed by atoms with E-state index in [1.807, 2.05) is 0 Å². The smallest absolute Gasteiger partial charge is 0.0705 e. The summed E-state index contributed by atoms with van der Waals surface area (Å²) in [6, 6.07) is 12.7. The Balaban J connectivity index is 1.83. The Labute approximate surface area is 144 Å². The highest BCUT2D eigenvalue weighted by molar-refractivity contribution is 9.11. The number of hydrogen-bond donors (Lipinski definition) is 2. The second-order valence-electron chi connectivity index (χ2n) is 4.59. The minimum Gasteiger partial charge on any atom is -0.396 e. The first-order valence-corrected chi connectivity index (χ1v) is 9.73. The van der Waals surface area contributed by atoms with Crippen molar-refractivity contribution >= 4 is 49.9 Å². The highest BCUT2D eigenvalue weighted by atomic mass is 79.9. The zero-order valence-corrected chi connectivity index (χ0v) is 15.1. The Morgan fingerprint density at radius 3 is 2.10 bits per heavy atom. The van der Waals surface area contributed by atoms with Gasteiger partial charge in [-0.05, 0) is 58.7 Å². The SMILES string of the molecule is NC(CCO)c1ccc(-c2ccc(-c3ccc(Br)s3)s2)s1. The molecule has 1 unspecified atom stereocenters. The van der Waals surface area contributed by atoms with E-state index in [1.165, 1.54) is 19.5 Å². The molecule has 6 heteroatoms. The molecule has 3 aromatic rings. The van der Waals surface area contributed by atoms with Gasteiger partial charge >= 0.3 is 0 Å². The molecule has 0 amide bonds. The topological polar surface area (TPSA) is 46.2 Å². The average molecular weight is 400 g/mol. The maximum Gasteiger partial charge on any atom is 0.0705 e. The molecule has 0 fully saturated rings. The Morgan fingerprint density at radius 2 is 1.48 bits per heavy atom. The van der Waals surface area contributed by atoms with Crippen molar-refractivity contribution in [1.82, 2.24) is 0 Å². The van der Waals surface area contributed by atoms with Crippen LogP contribution < -0.4 is 5.73 Å². The minimum absolute atomic E-state index is 0.0681. The van der Waals surface area contributed by atoms with Crippen LogP contribution >= 0.6 is 49.9 Å². The number of rotatable bonds is 5. The Bertz CT molecular complexity index is 731. The summed E-state index contributed by atoms with van der Waals surface area (Å²) in [5, 5.41) is 8.98. The van der Waals surface area contributed by atoms with Crippen molar-refractivity contribution in [3.05, 3.63) is 45.1 Å². The molecule has 21 heavy (non-hydrogen) atoms. The van der Waals surface area contributed by atoms with E-state index in [9.17, 15) is 0 Å². The minimum atomic E-state index is -0.0681. The van der Waals surface area contributed by atoms with Crippen LogP contribution in [0, 0.1) is 0 Å². The van der Waals surface area contributed by atoms with Crippen LogP contribution in [0.15, 0.2) is 40.2 Å². The lowest BCUT2D eigenvalue weighted by Crippen LogP contribution is -2.09. The van der Waals surface area contributed by atoms with Crippen molar-refractivity contribution in [2.24, 2.45) is 5.73 Å². The van der Waals surface area contributed by atoms with E-state index in [0.29, 0.717) is 6.42 Å². The Kier molecular flexibility index (Phi) is 4.93. The Morgan fingerprint density at radius 1 is 0.905 bits per heavy atom. The van der Waals surface area contributed by atoms with Crippen molar-refractivity contribution in [3.8, 4) is 19.5 Å². The van der Waals surface area contributed by atoms with Crippen LogP contribution in [0.2, 0.25) is 0 Å². The predicted octanol–water partition coefficient (Wildman–Crippen LogP) is 5.35. The quantitative estimate of drug-likeness (QED) is 0.607. The zero-order chi connectivity index (χ0) is 14.8. The molecular weight excluding hydrogens is 386 g/mol. The summed E-state index contributed by atoms with van der Waals surface area (Å²) < 4.78 is 1.15. The van der Waals surface area contributed by atoms with Crippen LogP contribution in [0.5, 0.6) is 0 Å². The van der Waals surface area contributed by atoms with Gasteiger partial charge in [-0.2, -0.15) is 0 Å². The maximum atomic E-state index is 8.98. The van der Waals surface area contributed by atoms with E-state index in [-0.39, 0.29) is 12.6 Å². The summed E-state index contributed by atoms with van der Waals surface area (Å²) in [5.41, 5.74) is 6.05. The summed E-state index contributed by atoms with van der Waals surface area (Å²) >= 11 is 8.77. The van der Waals surface area contributed by atoms with Gasteiger partial charge in [-0.3, -0.25) is 0 Å². The van der Waals surface area contributed by atoms with Gasteiger partial charge in [0.25, 0.3) is 0 Å². The van der Waals surface area contributed by atoms with Crippen LogP contribution in [0.1, 0.15) is 17.3 Å².